The van der Waals surface area contributed by atoms with Gasteiger partial charge in [0.25, 0.3) is 5.91 Å². The molecule has 1 fully saturated rings. The number of anilines is 1. The zero-order valence-corrected chi connectivity index (χ0v) is 19.0. The Morgan fingerprint density at radius 1 is 1.25 bits per heavy atom. The number of hydrogen-bond donors (Lipinski definition) is 3. The molecule has 11 heteroatoms. The van der Waals surface area contributed by atoms with Crippen LogP contribution in [0.25, 0.3) is 0 Å². The lowest BCUT2D eigenvalue weighted by Gasteiger charge is -2.32. The molecule has 0 radical (unpaired) electrons. The van der Waals surface area contributed by atoms with Crippen molar-refractivity contribution in [3.8, 4) is 0 Å². The minimum Gasteiger partial charge on any atom is -0.365 e. The highest BCUT2D eigenvalue weighted by Gasteiger charge is 2.29. The number of amides is 2. The van der Waals surface area contributed by atoms with E-state index in [-0.39, 0.29) is 17.3 Å². The van der Waals surface area contributed by atoms with E-state index in [1.165, 1.54) is 29.5 Å². The third-order valence-electron chi connectivity index (χ3n) is 5.72. The van der Waals surface area contributed by atoms with Gasteiger partial charge in [-0.05, 0) is 62.4 Å². The van der Waals surface area contributed by atoms with Gasteiger partial charge in [0.15, 0.2) is 0 Å². The van der Waals surface area contributed by atoms with Crippen LogP contribution in [-0.2, 0) is 27.7 Å². The number of hydrogen-bond acceptors (Lipinski definition) is 6. The molecule has 1 aliphatic carbocycles. The number of carbonyl (C=O) groups is 2. The molecule has 0 spiro atoms. The van der Waals surface area contributed by atoms with Crippen LogP contribution >= 0.6 is 11.3 Å². The van der Waals surface area contributed by atoms with Crippen molar-refractivity contribution in [2.45, 2.75) is 43.0 Å². The molecule has 4 N–H and O–H groups in total. The number of piperidine rings is 1. The zero-order valence-electron chi connectivity index (χ0n) is 17.4. The van der Waals surface area contributed by atoms with Crippen molar-refractivity contribution in [3.63, 3.8) is 0 Å². The number of halogens is 1. The number of primary amides is 1. The van der Waals surface area contributed by atoms with E-state index >= 15 is 0 Å². The smallest absolute Gasteiger partial charge is 0.251 e. The number of benzene rings is 1. The van der Waals surface area contributed by atoms with Gasteiger partial charge >= 0.3 is 0 Å². The van der Waals surface area contributed by atoms with E-state index in [1.807, 2.05) is 4.90 Å². The second-order valence-corrected chi connectivity index (χ2v) is 10.9. The predicted octanol–water partition coefficient (Wildman–Crippen LogP) is 1.86. The molecule has 172 valence electrons. The summed E-state index contributed by atoms with van der Waals surface area (Å²) >= 11 is 1.40. The molecule has 2 aromatic rings. The molecular formula is C21H25FN4O4S2. The Kier molecular flexibility index (Phi) is 6.61. The summed E-state index contributed by atoms with van der Waals surface area (Å²) in [6, 6.07) is 4.46. The number of aryl methyl sites for hydroxylation is 1. The van der Waals surface area contributed by atoms with E-state index in [9.17, 15) is 22.4 Å². The van der Waals surface area contributed by atoms with Crippen LogP contribution in [0.15, 0.2) is 29.2 Å². The first kappa shape index (κ1) is 22.8. The number of fused-ring (bicyclic) bond motifs is 1. The molecule has 2 heterocycles. The molecule has 0 saturated carbocycles. The van der Waals surface area contributed by atoms with Crippen molar-refractivity contribution in [2.24, 2.45) is 5.73 Å². The summed E-state index contributed by atoms with van der Waals surface area (Å²) in [5.41, 5.74) is 6.90. The summed E-state index contributed by atoms with van der Waals surface area (Å²) in [6.07, 6.45) is 3.99. The third-order valence-corrected chi connectivity index (χ3v) is 8.45. The third kappa shape index (κ3) is 5.01. The number of likely N-dealkylation sites (tertiary alicyclic amines) is 1. The van der Waals surface area contributed by atoms with Gasteiger partial charge in [-0.3, -0.25) is 14.5 Å². The Bertz CT molecular complexity index is 1150. The average Bonchev–Trinajstić information content (AvgIpc) is 3.28. The van der Waals surface area contributed by atoms with Crippen LogP contribution in [0.3, 0.4) is 0 Å². The van der Waals surface area contributed by atoms with Crippen LogP contribution in [0.5, 0.6) is 0 Å². The first-order valence-electron chi connectivity index (χ1n) is 10.5. The van der Waals surface area contributed by atoms with Crippen LogP contribution in [0.2, 0.25) is 0 Å². The number of sulfonamides is 1. The fraction of sp³-hybridized carbons (Fsp3) is 0.429. The van der Waals surface area contributed by atoms with E-state index in [2.05, 4.69) is 10.0 Å². The molecule has 2 amide bonds. The van der Waals surface area contributed by atoms with E-state index < -0.39 is 27.8 Å². The van der Waals surface area contributed by atoms with Gasteiger partial charge in [-0.2, -0.15) is 0 Å². The highest BCUT2D eigenvalue weighted by molar-refractivity contribution is 7.89. The summed E-state index contributed by atoms with van der Waals surface area (Å²) in [5, 5.41) is 3.31. The van der Waals surface area contributed by atoms with Gasteiger partial charge in [0.05, 0.1) is 17.0 Å². The van der Waals surface area contributed by atoms with E-state index in [4.69, 9.17) is 5.73 Å². The monoisotopic (exact) mass is 480 g/mol. The number of nitrogens with two attached hydrogens (primary N) is 1. The van der Waals surface area contributed by atoms with Crippen LogP contribution in [-0.4, -0.2) is 50.8 Å². The number of nitrogens with one attached hydrogen (secondary N) is 2. The summed E-state index contributed by atoms with van der Waals surface area (Å²) in [4.78, 5) is 27.4. The Balaban J connectivity index is 1.37. The molecular weight excluding hydrogens is 455 g/mol. The number of rotatable bonds is 7. The molecule has 4 rings (SSSR count). The highest BCUT2D eigenvalue weighted by atomic mass is 32.2. The minimum atomic E-state index is -3.86. The van der Waals surface area contributed by atoms with Crippen LogP contribution in [0.4, 0.5) is 9.39 Å². The van der Waals surface area contributed by atoms with Gasteiger partial charge in [0, 0.05) is 17.5 Å². The molecule has 1 aromatic carbocycles. The Hall–Kier alpha value is -2.34. The maximum Gasteiger partial charge on any atom is 0.251 e. The van der Waals surface area contributed by atoms with Crippen molar-refractivity contribution in [1.82, 2.24) is 9.62 Å². The minimum absolute atomic E-state index is 0.0684. The van der Waals surface area contributed by atoms with Gasteiger partial charge in [-0.15, -0.1) is 11.3 Å². The molecule has 8 nitrogen and oxygen atoms in total. The van der Waals surface area contributed by atoms with Crippen molar-refractivity contribution in [1.29, 1.82) is 0 Å². The molecule has 1 aliphatic heterocycles. The number of thiophene rings is 1. The Labute approximate surface area is 190 Å². The van der Waals surface area contributed by atoms with Crippen molar-refractivity contribution in [2.75, 3.05) is 25.0 Å². The van der Waals surface area contributed by atoms with E-state index in [0.29, 0.717) is 36.5 Å². The average molecular weight is 481 g/mol. The van der Waals surface area contributed by atoms with Crippen molar-refractivity contribution in [3.05, 3.63) is 46.1 Å². The molecule has 1 unspecified atom stereocenters. The van der Waals surface area contributed by atoms with Crippen LogP contribution in [0, 0.1) is 5.82 Å². The van der Waals surface area contributed by atoms with Gasteiger partial charge in [0.2, 0.25) is 15.9 Å². The standard InChI is InChI=1S/C21H25FN4O4S2/c22-13-4-1-6-15(10-13)32(29,30)25-14-5-3-9-26(11-14)12-18(27)24-21-19(20(23)28)16-7-2-8-17(16)31-21/h1,4,6,10,14,25H,2-3,5,7-9,11-12H2,(H2,23,28)(H,24,27). The topological polar surface area (TPSA) is 122 Å². The highest BCUT2D eigenvalue weighted by Crippen LogP contribution is 2.38. The fourth-order valence-electron chi connectivity index (χ4n) is 4.34. The van der Waals surface area contributed by atoms with Crippen LogP contribution in [0.1, 0.15) is 40.1 Å². The molecule has 1 aromatic heterocycles. The molecule has 1 atom stereocenters. The van der Waals surface area contributed by atoms with E-state index in [1.54, 1.807) is 0 Å². The molecule has 32 heavy (non-hydrogen) atoms. The number of nitrogens with zero attached hydrogens (tertiary/aromatic N) is 1. The van der Waals surface area contributed by atoms with Crippen molar-refractivity contribution >= 4 is 38.2 Å². The van der Waals surface area contributed by atoms with Gasteiger partial charge in [-0.25, -0.2) is 17.5 Å². The summed E-state index contributed by atoms with van der Waals surface area (Å²) in [5.74, 6) is -1.43. The zero-order chi connectivity index (χ0) is 22.9. The molecule has 0 bridgehead atoms. The second kappa shape index (κ2) is 9.26. The van der Waals surface area contributed by atoms with Crippen LogP contribution < -0.4 is 15.8 Å². The first-order chi connectivity index (χ1) is 15.2. The van der Waals surface area contributed by atoms with Gasteiger partial charge < -0.3 is 11.1 Å². The predicted molar refractivity (Wildman–Crippen MR) is 120 cm³/mol. The van der Waals surface area contributed by atoms with Gasteiger partial charge in [-0.1, -0.05) is 6.07 Å². The number of carbonyl (C=O) groups excluding carboxylic acids is 2. The lowest BCUT2D eigenvalue weighted by Crippen LogP contribution is -2.49. The fourth-order valence-corrected chi connectivity index (χ4v) is 6.94. The lowest BCUT2D eigenvalue weighted by molar-refractivity contribution is -0.117. The largest absolute Gasteiger partial charge is 0.365 e. The Morgan fingerprint density at radius 3 is 2.81 bits per heavy atom. The molecule has 2 aliphatic rings. The first-order valence-corrected chi connectivity index (χ1v) is 12.8. The summed E-state index contributed by atoms with van der Waals surface area (Å²) in [6.45, 7) is 1.07. The van der Waals surface area contributed by atoms with E-state index in [0.717, 1.165) is 35.8 Å². The van der Waals surface area contributed by atoms with Crippen molar-refractivity contribution < 1.29 is 22.4 Å². The summed E-state index contributed by atoms with van der Waals surface area (Å²) < 4.78 is 41.2. The normalized spacial score (nSPS) is 19.0. The SMILES string of the molecule is NC(=O)c1c(NC(=O)CN2CCCC(NS(=O)(=O)c3cccc(F)c3)C2)sc2c1CCC2. The second-order valence-electron chi connectivity index (χ2n) is 8.13. The maximum atomic E-state index is 13.4. The quantitative estimate of drug-likeness (QED) is 0.558. The van der Waals surface area contributed by atoms with Gasteiger partial charge in [0.1, 0.15) is 10.8 Å². The Morgan fingerprint density at radius 2 is 2.06 bits per heavy atom. The summed E-state index contributed by atoms with van der Waals surface area (Å²) in [7, 11) is -3.86. The lowest BCUT2D eigenvalue weighted by atomic mass is 10.1. The molecule has 1 saturated heterocycles. The maximum absolute atomic E-state index is 13.4.